The number of hydrogen-bond donors (Lipinski definition) is 0. The van der Waals surface area contributed by atoms with Gasteiger partial charge in [-0.2, -0.15) is 0 Å². The number of ether oxygens (including phenoxy) is 1. The summed E-state index contributed by atoms with van der Waals surface area (Å²) >= 11 is 0. The molecule has 0 aromatic carbocycles. The minimum atomic E-state index is -0.184. The maximum absolute atomic E-state index is 10.9. The van der Waals surface area contributed by atoms with Crippen LogP contribution in [0.15, 0.2) is 12.2 Å². The van der Waals surface area contributed by atoms with E-state index in [1.807, 2.05) is 0 Å². The summed E-state index contributed by atoms with van der Waals surface area (Å²) in [6, 6.07) is 0. The number of hydrogen-bond acceptors (Lipinski definition) is 2. The molecule has 1 unspecified atom stereocenters. The molecule has 0 radical (unpaired) electrons. The van der Waals surface area contributed by atoms with Crippen LogP contribution in [-0.2, 0) is 9.53 Å². The van der Waals surface area contributed by atoms with Gasteiger partial charge in [0, 0.05) is 6.92 Å². The number of carbonyl (C=O) groups is 1. The van der Waals surface area contributed by atoms with E-state index in [0.717, 1.165) is 12.0 Å². The van der Waals surface area contributed by atoms with E-state index in [1.54, 1.807) is 0 Å². The summed E-state index contributed by atoms with van der Waals surface area (Å²) in [5.74, 6) is 1.10. The van der Waals surface area contributed by atoms with Crippen molar-refractivity contribution in [1.82, 2.24) is 0 Å². The first-order valence-electron chi connectivity index (χ1n) is 5.33. The van der Waals surface area contributed by atoms with Crippen LogP contribution in [0.2, 0.25) is 0 Å². The Balaban J connectivity index is 2.07. The van der Waals surface area contributed by atoms with Crippen molar-refractivity contribution in [3.05, 3.63) is 12.2 Å². The summed E-state index contributed by atoms with van der Waals surface area (Å²) in [5.41, 5.74) is 1.56. The molecule has 0 aromatic heterocycles. The molecule has 2 fully saturated rings. The highest BCUT2D eigenvalue weighted by Crippen LogP contribution is 2.69. The predicted molar refractivity (Wildman–Crippen MR) is 54.7 cm³/mol. The highest BCUT2D eigenvalue weighted by Gasteiger charge is 2.64. The lowest BCUT2D eigenvalue weighted by atomic mass is 9.89. The third-order valence-corrected chi connectivity index (χ3v) is 4.00. The highest BCUT2D eigenvalue weighted by atomic mass is 16.5. The van der Waals surface area contributed by atoms with Crippen molar-refractivity contribution in [3.8, 4) is 0 Å². The van der Waals surface area contributed by atoms with E-state index in [-0.39, 0.29) is 12.1 Å². The normalized spacial score (nSPS) is 39.9. The minimum absolute atomic E-state index is 0.00588. The Bertz CT molecular complexity index is 293. The summed E-state index contributed by atoms with van der Waals surface area (Å²) in [4.78, 5) is 10.9. The van der Waals surface area contributed by atoms with Crippen LogP contribution in [0.1, 0.15) is 33.6 Å². The van der Waals surface area contributed by atoms with Crippen LogP contribution in [0.25, 0.3) is 0 Å². The van der Waals surface area contributed by atoms with E-state index < -0.39 is 0 Å². The second-order valence-corrected chi connectivity index (χ2v) is 5.02. The fourth-order valence-corrected chi connectivity index (χ4v) is 2.94. The minimum Gasteiger partial charge on any atom is -0.458 e. The second-order valence-electron chi connectivity index (χ2n) is 5.02. The average molecular weight is 194 g/mol. The summed E-state index contributed by atoms with van der Waals surface area (Å²) < 4.78 is 5.26. The third-order valence-electron chi connectivity index (χ3n) is 4.00. The van der Waals surface area contributed by atoms with Crippen LogP contribution in [0.5, 0.6) is 0 Å². The van der Waals surface area contributed by atoms with Crippen LogP contribution in [0, 0.1) is 17.3 Å². The maximum atomic E-state index is 10.9. The van der Waals surface area contributed by atoms with Crippen molar-refractivity contribution in [2.75, 3.05) is 0 Å². The van der Waals surface area contributed by atoms with Gasteiger partial charge in [-0.3, -0.25) is 4.79 Å². The quantitative estimate of drug-likeness (QED) is 0.499. The molecule has 2 saturated carbocycles. The van der Waals surface area contributed by atoms with Crippen molar-refractivity contribution in [2.24, 2.45) is 17.3 Å². The van der Waals surface area contributed by atoms with Gasteiger partial charge in [0.15, 0.2) is 0 Å². The van der Waals surface area contributed by atoms with Crippen molar-refractivity contribution < 1.29 is 9.53 Å². The molecule has 2 nitrogen and oxygen atoms in total. The molecule has 2 rings (SSSR count). The largest absolute Gasteiger partial charge is 0.458 e. The van der Waals surface area contributed by atoms with Gasteiger partial charge in [0.25, 0.3) is 0 Å². The Morgan fingerprint density at radius 3 is 2.64 bits per heavy atom. The van der Waals surface area contributed by atoms with E-state index in [1.165, 1.54) is 13.3 Å². The van der Waals surface area contributed by atoms with Gasteiger partial charge < -0.3 is 4.74 Å². The van der Waals surface area contributed by atoms with Gasteiger partial charge in [-0.1, -0.05) is 20.4 Å². The lowest BCUT2D eigenvalue weighted by Crippen LogP contribution is -2.19. The molecule has 0 saturated heterocycles. The molecule has 0 aromatic rings. The number of carbonyl (C=O) groups excluding carboxylic acids is 1. The summed E-state index contributed by atoms with van der Waals surface area (Å²) in [6.07, 6.45) is 2.24. The van der Waals surface area contributed by atoms with E-state index in [0.29, 0.717) is 17.3 Å². The van der Waals surface area contributed by atoms with Gasteiger partial charge in [-0.25, -0.2) is 0 Å². The Morgan fingerprint density at radius 1 is 1.57 bits per heavy atom. The van der Waals surface area contributed by atoms with Crippen LogP contribution < -0.4 is 0 Å². The molecular weight excluding hydrogens is 176 g/mol. The van der Waals surface area contributed by atoms with Gasteiger partial charge in [0.05, 0.1) is 0 Å². The smallest absolute Gasteiger partial charge is 0.303 e. The van der Waals surface area contributed by atoms with Crippen LogP contribution in [-0.4, -0.2) is 12.1 Å². The van der Waals surface area contributed by atoms with Crippen LogP contribution in [0.4, 0.5) is 0 Å². The molecule has 14 heavy (non-hydrogen) atoms. The van der Waals surface area contributed by atoms with Gasteiger partial charge in [-0.15, -0.1) is 0 Å². The van der Waals surface area contributed by atoms with Crippen LogP contribution in [0.3, 0.4) is 0 Å². The van der Waals surface area contributed by atoms with Crippen molar-refractivity contribution in [1.29, 1.82) is 0 Å². The first-order valence-corrected chi connectivity index (χ1v) is 5.33. The fourth-order valence-electron chi connectivity index (χ4n) is 2.94. The lowest BCUT2D eigenvalue weighted by Gasteiger charge is -2.19. The van der Waals surface area contributed by atoms with Gasteiger partial charge in [-0.05, 0) is 35.7 Å². The molecule has 2 heteroatoms. The second kappa shape index (κ2) is 2.85. The molecule has 0 bridgehead atoms. The molecule has 2 aliphatic carbocycles. The van der Waals surface area contributed by atoms with Gasteiger partial charge in [0.2, 0.25) is 0 Å². The molecule has 0 amide bonds. The standard InChI is InChI=1S/C12H18O2/c1-7(2)12-5-10(12)8(3)11(6-12)14-9(4)13/h7,10-11H,3,5-6H2,1-2,4H3/t10?,11-,12+/m0/s1. The molecular formula is C12H18O2. The highest BCUT2D eigenvalue weighted by molar-refractivity contribution is 5.66. The number of rotatable bonds is 2. The van der Waals surface area contributed by atoms with E-state index in [2.05, 4.69) is 20.4 Å². The van der Waals surface area contributed by atoms with E-state index in [9.17, 15) is 4.79 Å². The Morgan fingerprint density at radius 2 is 2.21 bits per heavy atom. The van der Waals surface area contributed by atoms with Crippen molar-refractivity contribution in [3.63, 3.8) is 0 Å². The van der Waals surface area contributed by atoms with Gasteiger partial charge in [0.1, 0.15) is 6.10 Å². The first kappa shape index (κ1) is 9.75. The summed E-state index contributed by atoms with van der Waals surface area (Å²) in [5, 5.41) is 0. The first-order chi connectivity index (χ1) is 6.47. The molecule has 0 heterocycles. The third kappa shape index (κ3) is 1.20. The molecule has 2 aliphatic rings. The average Bonchev–Trinajstić information content (AvgIpc) is 2.71. The fraction of sp³-hybridized carbons (Fsp3) is 0.750. The van der Waals surface area contributed by atoms with Crippen molar-refractivity contribution in [2.45, 2.75) is 39.7 Å². The SMILES string of the molecule is C=C1C2C[C@]2(C(C)C)C[C@@H]1OC(C)=O. The zero-order chi connectivity index (χ0) is 10.5. The summed E-state index contributed by atoms with van der Waals surface area (Å²) in [6.45, 7) is 10.0. The maximum Gasteiger partial charge on any atom is 0.303 e. The zero-order valence-corrected chi connectivity index (χ0v) is 9.17. The number of fused-ring (bicyclic) bond motifs is 1. The molecule has 0 spiro atoms. The molecule has 78 valence electrons. The zero-order valence-electron chi connectivity index (χ0n) is 9.17. The summed E-state index contributed by atoms with van der Waals surface area (Å²) in [7, 11) is 0. The lowest BCUT2D eigenvalue weighted by molar-refractivity contribution is -0.144. The Hall–Kier alpha value is -0.790. The van der Waals surface area contributed by atoms with Crippen molar-refractivity contribution >= 4 is 5.97 Å². The Kier molecular flexibility index (Phi) is 1.98. The molecule has 3 atom stereocenters. The Labute approximate surface area is 85.3 Å². The predicted octanol–water partition coefficient (Wildman–Crippen LogP) is 2.54. The molecule has 0 aliphatic heterocycles. The number of esters is 1. The monoisotopic (exact) mass is 194 g/mol. The molecule has 0 N–H and O–H groups in total. The van der Waals surface area contributed by atoms with Crippen LogP contribution >= 0.6 is 0 Å². The van der Waals surface area contributed by atoms with Gasteiger partial charge >= 0.3 is 5.97 Å². The van der Waals surface area contributed by atoms with E-state index >= 15 is 0 Å². The topological polar surface area (TPSA) is 26.3 Å². The van der Waals surface area contributed by atoms with E-state index in [4.69, 9.17) is 4.74 Å².